The first-order chi connectivity index (χ1) is 7.96. The average molecular weight is 234 g/mol. The molecule has 1 aromatic carbocycles. The minimum atomic E-state index is -0.664. The number of nitrogens with two attached hydrogens (primary N) is 1. The van der Waals surface area contributed by atoms with Crippen LogP contribution in [-0.4, -0.2) is 18.6 Å². The Balaban J connectivity index is 2.28. The van der Waals surface area contributed by atoms with Gasteiger partial charge in [0.2, 0.25) is 5.91 Å². The maximum atomic E-state index is 11.9. The molecule has 0 radical (unpaired) electrons. The summed E-state index contributed by atoms with van der Waals surface area (Å²) in [7, 11) is 1.60. The van der Waals surface area contributed by atoms with Crippen LogP contribution in [-0.2, 0) is 4.79 Å². The molecule has 0 spiro atoms. The van der Waals surface area contributed by atoms with E-state index in [1.165, 1.54) is 0 Å². The fourth-order valence-electron chi connectivity index (χ4n) is 1.85. The van der Waals surface area contributed by atoms with Crippen molar-refractivity contribution < 1.29 is 9.53 Å². The first-order valence-corrected chi connectivity index (χ1v) is 5.72. The second-order valence-electron chi connectivity index (χ2n) is 4.77. The lowest BCUT2D eigenvalue weighted by molar-refractivity contribution is -0.118. The van der Waals surface area contributed by atoms with Crippen molar-refractivity contribution in [3.05, 3.63) is 23.3 Å². The smallest absolute Gasteiger partial charge is 0.244 e. The van der Waals surface area contributed by atoms with Gasteiger partial charge in [0.15, 0.2) is 0 Å². The van der Waals surface area contributed by atoms with Crippen LogP contribution in [0, 0.1) is 13.8 Å². The highest BCUT2D eigenvalue weighted by atomic mass is 16.5. The summed E-state index contributed by atoms with van der Waals surface area (Å²) in [5.74, 6) is 0.558. The van der Waals surface area contributed by atoms with E-state index in [-0.39, 0.29) is 5.91 Å². The maximum absolute atomic E-state index is 11.9. The lowest BCUT2D eigenvalue weighted by atomic mass is 10.1. The normalized spacial score (nSPS) is 16.5. The van der Waals surface area contributed by atoms with Crippen molar-refractivity contribution in [2.75, 3.05) is 12.4 Å². The number of rotatable bonds is 3. The summed E-state index contributed by atoms with van der Waals surface area (Å²) in [5, 5.41) is 2.87. The minimum absolute atomic E-state index is 0.122. The van der Waals surface area contributed by atoms with Crippen LogP contribution in [0.5, 0.6) is 5.75 Å². The molecule has 1 saturated carbocycles. The highest BCUT2D eigenvalue weighted by Gasteiger charge is 2.46. The van der Waals surface area contributed by atoms with Gasteiger partial charge in [-0.3, -0.25) is 4.79 Å². The molecule has 0 aromatic heterocycles. The van der Waals surface area contributed by atoms with E-state index in [0.717, 1.165) is 29.7 Å². The summed E-state index contributed by atoms with van der Waals surface area (Å²) < 4.78 is 5.29. The number of aryl methyl sites for hydroxylation is 2. The topological polar surface area (TPSA) is 64.3 Å². The van der Waals surface area contributed by atoms with E-state index in [1.54, 1.807) is 7.11 Å². The first kappa shape index (κ1) is 11.9. The number of anilines is 1. The number of nitrogens with one attached hydrogen (secondary N) is 1. The summed E-state index contributed by atoms with van der Waals surface area (Å²) in [6.07, 6.45) is 1.51. The molecule has 92 valence electrons. The van der Waals surface area contributed by atoms with E-state index >= 15 is 0 Å². The van der Waals surface area contributed by atoms with Crippen LogP contribution in [0.25, 0.3) is 0 Å². The molecule has 0 aliphatic heterocycles. The summed E-state index contributed by atoms with van der Waals surface area (Å²) in [4.78, 5) is 11.9. The van der Waals surface area contributed by atoms with E-state index in [0.29, 0.717) is 5.75 Å². The Morgan fingerprint density at radius 1 is 1.41 bits per heavy atom. The number of carbonyl (C=O) groups is 1. The summed E-state index contributed by atoms with van der Waals surface area (Å²) in [5.41, 5.74) is 8.00. The molecule has 1 aliphatic rings. The second-order valence-corrected chi connectivity index (χ2v) is 4.77. The lowest BCUT2D eigenvalue weighted by Gasteiger charge is -2.16. The summed E-state index contributed by atoms with van der Waals surface area (Å²) >= 11 is 0. The summed E-state index contributed by atoms with van der Waals surface area (Å²) in [6.45, 7) is 3.94. The number of hydrogen-bond donors (Lipinski definition) is 2. The molecule has 0 bridgehead atoms. The zero-order valence-electron chi connectivity index (χ0n) is 10.5. The molecular formula is C13H18N2O2. The summed E-state index contributed by atoms with van der Waals surface area (Å²) in [6, 6.07) is 3.91. The predicted molar refractivity (Wildman–Crippen MR) is 67.3 cm³/mol. The fourth-order valence-corrected chi connectivity index (χ4v) is 1.85. The maximum Gasteiger partial charge on any atom is 0.244 e. The number of amides is 1. The molecule has 1 fully saturated rings. The van der Waals surface area contributed by atoms with Gasteiger partial charge >= 0.3 is 0 Å². The van der Waals surface area contributed by atoms with Gasteiger partial charge in [0.1, 0.15) is 5.75 Å². The quantitative estimate of drug-likeness (QED) is 0.837. The van der Waals surface area contributed by atoms with Crippen LogP contribution < -0.4 is 15.8 Å². The van der Waals surface area contributed by atoms with Crippen molar-refractivity contribution in [1.82, 2.24) is 0 Å². The zero-order valence-corrected chi connectivity index (χ0v) is 10.5. The zero-order chi connectivity index (χ0) is 12.6. The molecule has 2 rings (SSSR count). The Bertz CT molecular complexity index is 465. The van der Waals surface area contributed by atoms with E-state index in [9.17, 15) is 4.79 Å². The molecule has 1 aliphatic carbocycles. The van der Waals surface area contributed by atoms with Gasteiger partial charge in [-0.05, 0) is 43.9 Å². The minimum Gasteiger partial charge on any atom is -0.495 e. The van der Waals surface area contributed by atoms with Crippen molar-refractivity contribution >= 4 is 11.6 Å². The molecule has 0 atom stereocenters. The highest BCUT2D eigenvalue weighted by molar-refractivity contribution is 6.01. The van der Waals surface area contributed by atoms with Gasteiger partial charge in [0.25, 0.3) is 0 Å². The van der Waals surface area contributed by atoms with Crippen LogP contribution >= 0.6 is 0 Å². The Kier molecular flexibility index (Phi) is 2.83. The highest BCUT2D eigenvalue weighted by Crippen LogP contribution is 2.36. The third-order valence-electron chi connectivity index (χ3n) is 3.14. The SMILES string of the molecule is COc1cc(C)cc(C)c1NC(=O)C1(N)CC1. The third kappa shape index (κ3) is 2.26. The van der Waals surface area contributed by atoms with Gasteiger partial charge in [0, 0.05) is 0 Å². The lowest BCUT2D eigenvalue weighted by Crippen LogP contribution is -2.38. The van der Waals surface area contributed by atoms with Gasteiger partial charge in [-0.2, -0.15) is 0 Å². The molecule has 0 saturated heterocycles. The average Bonchev–Trinajstić information content (AvgIpc) is 3.01. The number of hydrogen-bond acceptors (Lipinski definition) is 3. The molecule has 0 heterocycles. The standard InChI is InChI=1S/C13H18N2O2/c1-8-6-9(2)11(10(7-8)17-3)15-12(16)13(14)4-5-13/h6-7H,4-5,14H2,1-3H3,(H,15,16). The van der Waals surface area contributed by atoms with Crippen LogP contribution in [0.3, 0.4) is 0 Å². The third-order valence-corrected chi connectivity index (χ3v) is 3.14. The van der Waals surface area contributed by atoms with Gasteiger partial charge in [0.05, 0.1) is 18.3 Å². The van der Waals surface area contributed by atoms with Gasteiger partial charge < -0.3 is 15.8 Å². The van der Waals surface area contributed by atoms with Gasteiger partial charge in [-0.15, -0.1) is 0 Å². The molecule has 0 unspecified atom stereocenters. The Hall–Kier alpha value is -1.55. The largest absolute Gasteiger partial charge is 0.495 e. The molecule has 4 nitrogen and oxygen atoms in total. The van der Waals surface area contributed by atoms with Crippen molar-refractivity contribution in [3.63, 3.8) is 0 Å². The van der Waals surface area contributed by atoms with Crippen LogP contribution in [0.4, 0.5) is 5.69 Å². The fraction of sp³-hybridized carbons (Fsp3) is 0.462. The van der Waals surface area contributed by atoms with E-state index < -0.39 is 5.54 Å². The van der Waals surface area contributed by atoms with E-state index in [4.69, 9.17) is 10.5 Å². The van der Waals surface area contributed by atoms with Crippen LogP contribution in [0.1, 0.15) is 24.0 Å². The molecule has 3 N–H and O–H groups in total. The number of methoxy groups -OCH3 is 1. The Labute approximate surface area is 101 Å². The number of ether oxygens (including phenoxy) is 1. The van der Waals surface area contributed by atoms with Gasteiger partial charge in [-0.1, -0.05) is 6.07 Å². The predicted octanol–water partition coefficient (Wildman–Crippen LogP) is 1.74. The van der Waals surface area contributed by atoms with Crippen LogP contribution in [0.2, 0.25) is 0 Å². The van der Waals surface area contributed by atoms with Crippen molar-refractivity contribution in [3.8, 4) is 5.75 Å². The molecule has 4 heteroatoms. The van der Waals surface area contributed by atoms with E-state index in [2.05, 4.69) is 5.32 Å². The van der Waals surface area contributed by atoms with Crippen LogP contribution in [0.15, 0.2) is 12.1 Å². The van der Waals surface area contributed by atoms with Gasteiger partial charge in [-0.25, -0.2) is 0 Å². The Morgan fingerprint density at radius 2 is 2.06 bits per heavy atom. The Morgan fingerprint density at radius 3 is 2.59 bits per heavy atom. The van der Waals surface area contributed by atoms with Crippen molar-refractivity contribution in [2.24, 2.45) is 5.73 Å². The number of carbonyl (C=O) groups excluding carboxylic acids is 1. The molecule has 17 heavy (non-hydrogen) atoms. The van der Waals surface area contributed by atoms with Crippen molar-refractivity contribution in [1.29, 1.82) is 0 Å². The van der Waals surface area contributed by atoms with Crippen molar-refractivity contribution in [2.45, 2.75) is 32.2 Å². The van der Waals surface area contributed by atoms with E-state index in [1.807, 2.05) is 26.0 Å². The molecular weight excluding hydrogens is 216 g/mol. The molecule has 1 aromatic rings. The first-order valence-electron chi connectivity index (χ1n) is 5.72. The molecule has 1 amide bonds. The monoisotopic (exact) mass is 234 g/mol. The second kappa shape index (κ2) is 4.04. The number of benzene rings is 1.